The Labute approximate surface area is 65.3 Å². The third-order valence-electron chi connectivity index (χ3n) is 2.65. The first kappa shape index (κ1) is 7.06. The largest absolute Gasteiger partial charge is 0.380 e. The molecule has 1 spiro atoms. The van der Waals surface area contributed by atoms with Crippen LogP contribution in [0.25, 0.3) is 0 Å². The molecule has 0 radical (unpaired) electrons. The van der Waals surface area contributed by atoms with Gasteiger partial charge in [0.25, 0.3) is 0 Å². The molecule has 62 valence electrons. The van der Waals surface area contributed by atoms with E-state index in [-0.39, 0.29) is 11.3 Å². The fourth-order valence-corrected chi connectivity index (χ4v) is 1.82. The number of ether oxygens (including phenoxy) is 1. The highest BCUT2D eigenvalue weighted by molar-refractivity contribution is 5.84. The van der Waals surface area contributed by atoms with Gasteiger partial charge in [0.2, 0.25) is 5.91 Å². The number of carbonyl (C=O) groups is 1. The Morgan fingerprint density at radius 3 is 2.82 bits per heavy atom. The Kier molecular flexibility index (Phi) is 1.40. The van der Waals surface area contributed by atoms with Crippen LogP contribution in [0.2, 0.25) is 0 Å². The van der Waals surface area contributed by atoms with E-state index in [0.29, 0.717) is 19.8 Å². The van der Waals surface area contributed by atoms with E-state index in [1.54, 1.807) is 0 Å². The van der Waals surface area contributed by atoms with Gasteiger partial charge < -0.3 is 4.74 Å². The second-order valence-electron chi connectivity index (χ2n) is 3.33. The van der Waals surface area contributed by atoms with E-state index < -0.39 is 0 Å². The lowest BCUT2D eigenvalue weighted by Crippen LogP contribution is -2.39. The summed E-state index contributed by atoms with van der Waals surface area (Å²) < 4.78 is 5.20. The van der Waals surface area contributed by atoms with Crippen LogP contribution in [0.1, 0.15) is 12.8 Å². The lowest BCUT2D eigenvalue weighted by atomic mass is 9.86. The molecular formula is C7H12N2O2. The van der Waals surface area contributed by atoms with Crippen molar-refractivity contribution in [1.29, 1.82) is 0 Å². The van der Waals surface area contributed by atoms with Crippen LogP contribution >= 0.6 is 0 Å². The quantitative estimate of drug-likeness (QED) is 0.380. The molecule has 4 heteroatoms. The minimum Gasteiger partial charge on any atom is -0.380 e. The van der Waals surface area contributed by atoms with Gasteiger partial charge in [0.15, 0.2) is 0 Å². The molecular weight excluding hydrogens is 144 g/mol. The number of hydrogen-bond donors (Lipinski definition) is 1. The Bertz CT molecular complexity index is 187. The first-order chi connectivity index (χ1) is 5.25. The minimum atomic E-state index is -0.241. The number of rotatable bonds is 0. The summed E-state index contributed by atoms with van der Waals surface area (Å²) in [6.07, 6.45) is 1.71. The summed E-state index contributed by atoms with van der Waals surface area (Å²) in [6, 6.07) is 0. The fraction of sp³-hybridized carbons (Fsp3) is 0.857. The van der Waals surface area contributed by atoms with Gasteiger partial charge in [-0.3, -0.25) is 9.80 Å². The Morgan fingerprint density at radius 1 is 1.55 bits per heavy atom. The first-order valence-corrected chi connectivity index (χ1v) is 3.89. The molecule has 1 atom stereocenters. The van der Waals surface area contributed by atoms with Crippen molar-refractivity contribution in [2.24, 2.45) is 11.3 Å². The SMILES string of the molecule is NN1CCC2(CCOC2)C1=O. The molecule has 1 amide bonds. The summed E-state index contributed by atoms with van der Waals surface area (Å²) in [5.74, 6) is 5.53. The fourth-order valence-electron chi connectivity index (χ4n) is 1.82. The summed E-state index contributed by atoms with van der Waals surface area (Å²) >= 11 is 0. The van der Waals surface area contributed by atoms with Crippen molar-refractivity contribution in [1.82, 2.24) is 5.01 Å². The predicted octanol–water partition coefficient (Wildman–Crippen LogP) is -0.501. The average molecular weight is 156 g/mol. The summed E-state index contributed by atoms with van der Waals surface area (Å²) in [6.45, 7) is 1.96. The maximum absolute atomic E-state index is 11.5. The zero-order valence-electron chi connectivity index (χ0n) is 6.38. The van der Waals surface area contributed by atoms with Crippen molar-refractivity contribution >= 4 is 5.91 Å². The minimum absolute atomic E-state index is 0.0648. The molecule has 0 aromatic carbocycles. The number of nitrogens with zero attached hydrogens (tertiary/aromatic N) is 1. The molecule has 1 unspecified atom stereocenters. The summed E-state index contributed by atoms with van der Waals surface area (Å²) in [7, 11) is 0. The van der Waals surface area contributed by atoms with Crippen LogP contribution in [0.4, 0.5) is 0 Å². The standard InChI is InChI=1S/C7H12N2O2/c8-9-3-1-7(6(9)10)2-4-11-5-7/h1-5,8H2. The maximum atomic E-state index is 11.5. The lowest BCUT2D eigenvalue weighted by molar-refractivity contribution is -0.136. The van der Waals surface area contributed by atoms with Gasteiger partial charge in [-0.15, -0.1) is 0 Å². The number of carbonyl (C=O) groups excluding carboxylic acids is 1. The molecule has 0 saturated carbocycles. The molecule has 2 rings (SSSR count). The number of hydrogen-bond acceptors (Lipinski definition) is 3. The van der Waals surface area contributed by atoms with Gasteiger partial charge in [-0.2, -0.15) is 0 Å². The Balaban J connectivity index is 2.20. The monoisotopic (exact) mass is 156 g/mol. The predicted molar refractivity (Wildman–Crippen MR) is 38.4 cm³/mol. The maximum Gasteiger partial charge on any atom is 0.245 e. The first-order valence-electron chi connectivity index (χ1n) is 3.89. The van der Waals surface area contributed by atoms with Gasteiger partial charge in [-0.05, 0) is 12.8 Å². The second-order valence-corrected chi connectivity index (χ2v) is 3.33. The van der Waals surface area contributed by atoms with E-state index >= 15 is 0 Å². The van der Waals surface area contributed by atoms with Crippen LogP contribution in [-0.2, 0) is 9.53 Å². The van der Waals surface area contributed by atoms with Crippen LogP contribution in [0.3, 0.4) is 0 Å². The third kappa shape index (κ3) is 0.862. The van der Waals surface area contributed by atoms with Gasteiger partial charge in [0, 0.05) is 13.2 Å². The molecule has 2 saturated heterocycles. The van der Waals surface area contributed by atoms with Gasteiger partial charge >= 0.3 is 0 Å². The molecule has 2 fully saturated rings. The number of amides is 1. The molecule has 11 heavy (non-hydrogen) atoms. The third-order valence-corrected chi connectivity index (χ3v) is 2.65. The molecule has 0 aromatic rings. The van der Waals surface area contributed by atoms with Gasteiger partial charge in [-0.25, -0.2) is 5.84 Å². The highest BCUT2D eigenvalue weighted by Crippen LogP contribution is 2.37. The molecule has 2 N–H and O–H groups in total. The Hall–Kier alpha value is -0.610. The van der Waals surface area contributed by atoms with Crippen molar-refractivity contribution in [3.63, 3.8) is 0 Å². The summed E-state index contributed by atoms with van der Waals surface area (Å²) in [5, 5.41) is 1.31. The molecule has 2 aliphatic rings. The van der Waals surface area contributed by atoms with Gasteiger partial charge in [-0.1, -0.05) is 0 Å². The van der Waals surface area contributed by atoms with Crippen molar-refractivity contribution in [2.45, 2.75) is 12.8 Å². The summed E-state index contributed by atoms with van der Waals surface area (Å²) in [4.78, 5) is 11.5. The van der Waals surface area contributed by atoms with Crippen LogP contribution < -0.4 is 5.84 Å². The smallest absolute Gasteiger partial charge is 0.245 e. The van der Waals surface area contributed by atoms with E-state index in [0.717, 1.165) is 12.8 Å². The van der Waals surface area contributed by atoms with Crippen LogP contribution in [-0.4, -0.2) is 30.7 Å². The van der Waals surface area contributed by atoms with Crippen molar-refractivity contribution in [2.75, 3.05) is 19.8 Å². The number of nitrogens with two attached hydrogens (primary N) is 1. The topological polar surface area (TPSA) is 55.6 Å². The van der Waals surface area contributed by atoms with Gasteiger partial charge in [0.1, 0.15) is 0 Å². The highest BCUT2D eigenvalue weighted by atomic mass is 16.5. The van der Waals surface area contributed by atoms with Crippen molar-refractivity contribution in [3.05, 3.63) is 0 Å². The highest BCUT2D eigenvalue weighted by Gasteiger charge is 2.48. The average Bonchev–Trinajstić information content (AvgIpc) is 2.56. The molecule has 4 nitrogen and oxygen atoms in total. The van der Waals surface area contributed by atoms with Crippen molar-refractivity contribution < 1.29 is 9.53 Å². The second kappa shape index (κ2) is 2.19. The van der Waals surface area contributed by atoms with E-state index in [1.165, 1.54) is 5.01 Å². The Morgan fingerprint density at radius 2 is 2.36 bits per heavy atom. The molecule has 2 heterocycles. The van der Waals surface area contributed by atoms with E-state index in [2.05, 4.69) is 0 Å². The zero-order chi connectivity index (χ0) is 7.90. The van der Waals surface area contributed by atoms with Crippen molar-refractivity contribution in [3.8, 4) is 0 Å². The molecule has 0 aliphatic carbocycles. The van der Waals surface area contributed by atoms with Crippen LogP contribution in [0, 0.1) is 5.41 Å². The normalized spacial score (nSPS) is 37.5. The van der Waals surface area contributed by atoms with E-state index in [9.17, 15) is 4.79 Å². The van der Waals surface area contributed by atoms with Gasteiger partial charge in [0.05, 0.1) is 12.0 Å². The van der Waals surface area contributed by atoms with Crippen LogP contribution in [0.15, 0.2) is 0 Å². The summed E-state index contributed by atoms with van der Waals surface area (Å²) in [5.41, 5.74) is -0.241. The lowest BCUT2D eigenvalue weighted by Gasteiger charge is -2.17. The molecule has 0 aromatic heterocycles. The zero-order valence-corrected chi connectivity index (χ0v) is 6.38. The molecule has 0 bridgehead atoms. The van der Waals surface area contributed by atoms with E-state index in [1.807, 2.05) is 0 Å². The van der Waals surface area contributed by atoms with E-state index in [4.69, 9.17) is 10.6 Å². The van der Waals surface area contributed by atoms with Crippen LogP contribution in [0.5, 0.6) is 0 Å². The molecule has 2 aliphatic heterocycles. The number of hydrazine groups is 1.